The van der Waals surface area contributed by atoms with Gasteiger partial charge in [0.2, 0.25) is 5.60 Å². The van der Waals surface area contributed by atoms with E-state index < -0.39 is 5.60 Å². The highest BCUT2D eigenvalue weighted by Gasteiger charge is 2.54. The van der Waals surface area contributed by atoms with Crippen molar-refractivity contribution in [1.29, 1.82) is 0 Å². The third kappa shape index (κ3) is 1.53. The zero-order valence-electron chi connectivity index (χ0n) is 10.3. The van der Waals surface area contributed by atoms with Gasteiger partial charge in [0.1, 0.15) is 0 Å². The van der Waals surface area contributed by atoms with Crippen molar-refractivity contribution in [3.63, 3.8) is 0 Å². The maximum absolute atomic E-state index is 12.6. The van der Waals surface area contributed by atoms with E-state index in [0.717, 1.165) is 11.3 Å². The summed E-state index contributed by atoms with van der Waals surface area (Å²) in [4.78, 5) is 25.9. The van der Waals surface area contributed by atoms with Crippen LogP contribution < -0.4 is 4.90 Å². The van der Waals surface area contributed by atoms with Gasteiger partial charge in [-0.05, 0) is 6.07 Å². The number of amides is 1. The van der Waals surface area contributed by atoms with Crippen LogP contribution in [0.15, 0.2) is 49.3 Å². The number of nitrogens with zero attached hydrogens (tertiary/aromatic N) is 1. The number of carbonyl (C=O) groups excluding carboxylic acids is 2. The number of para-hydroxylation sites is 1. The molecule has 19 heavy (non-hydrogen) atoms. The van der Waals surface area contributed by atoms with Crippen LogP contribution in [-0.4, -0.2) is 18.2 Å². The van der Waals surface area contributed by atoms with E-state index in [9.17, 15) is 9.59 Å². The quantitative estimate of drug-likeness (QED) is 0.758. The van der Waals surface area contributed by atoms with E-state index in [0.29, 0.717) is 6.54 Å². The second kappa shape index (κ2) is 4.09. The van der Waals surface area contributed by atoms with Gasteiger partial charge in [-0.15, -0.1) is 6.58 Å². The van der Waals surface area contributed by atoms with E-state index in [-0.39, 0.29) is 18.1 Å². The molecule has 0 aliphatic carbocycles. The summed E-state index contributed by atoms with van der Waals surface area (Å²) in [5, 5.41) is 0. The average Bonchev–Trinajstić information content (AvgIpc) is 2.63. The monoisotopic (exact) mass is 255 g/mol. The lowest BCUT2D eigenvalue weighted by Gasteiger charge is -2.29. The standard InChI is InChI=1S/C15H13NO3/c1-2-8-16-13-6-4-3-5-12(13)15(14(16)18)10-11(17)7-9-19-15/h2-7,9H,1,8,10H2. The fraction of sp³-hybridized carbons (Fsp3) is 0.200. The molecule has 0 saturated carbocycles. The molecule has 96 valence electrons. The number of fused-ring (bicyclic) bond motifs is 2. The van der Waals surface area contributed by atoms with Gasteiger partial charge in [-0.2, -0.15) is 0 Å². The van der Waals surface area contributed by atoms with Crippen LogP contribution in [0, 0.1) is 0 Å². The van der Waals surface area contributed by atoms with Gasteiger partial charge in [-0.1, -0.05) is 24.3 Å². The molecule has 2 heterocycles. The Hall–Kier alpha value is -2.36. The van der Waals surface area contributed by atoms with Crippen molar-refractivity contribution < 1.29 is 14.3 Å². The highest BCUT2D eigenvalue weighted by molar-refractivity contribution is 6.10. The van der Waals surface area contributed by atoms with Gasteiger partial charge >= 0.3 is 0 Å². The molecule has 0 radical (unpaired) electrons. The molecule has 3 rings (SSSR count). The average molecular weight is 255 g/mol. The van der Waals surface area contributed by atoms with E-state index >= 15 is 0 Å². The highest BCUT2D eigenvalue weighted by Crippen LogP contribution is 2.46. The molecular weight excluding hydrogens is 242 g/mol. The normalized spacial score (nSPS) is 24.5. The number of rotatable bonds is 2. The van der Waals surface area contributed by atoms with Crippen molar-refractivity contribution in [2.75, 3.05) is 11.4 Å². The summed E-state index contributed by atoms with van der Waals surface area (Å²) in [6, 6.07) is 7.40. The van der Waals surface area contributed by atoms with Crippen LogP contribution in [0.25, 0.3) is 0 Å². The van der Waals surface area contributed by atoms with Crippen molar-refractivity contribution >= 4 is 17.4 Å². The molecule has 4 nitrogen and oxygen atoms in total. The number of ether oxygens (including phenoxy) is 1. The topological polar surface area (TPSA) is 46.6 Å². The minimum Gasteiger partial charge on any atom is -0.480 e. The molecule has 1 unspecified atom stereocenters. The van der Waals surface area contributed by atoms with Crippen LogP contribution in [0.2, 0.25) is 0 Å². The van der Waals surface area contributed by atoms with Crippen LogP contribution in [-0.2, 0) is 19.9 Å². The predicted octanol–water partition coefficient (Wildman–Crippen LogP) is 1.92. The van der Waals surface area contributed by atoms with Crippen LogP contribution >= 0.6 is 0 Å². The Kier molecular flexibility index (Phi) is 2.52. The first kappa shape index (κ1) is 11.7. The molecule has 1 aromatic carbocycles. The molecule has 1 spiro atoms. The number of allylic oxidation sites excluding steroid dienone is 1. The van der Waals surface area contributed by atoms with Gasteiger partial charge in [0.05, 0.1) is 18.4 Å². The van der Waals surface area contributed by atoms with Crippen LogP contribution in [0.5, 0.6) is 0 Å². The highest BCUT2D eigenvalue weighted by atomic mass is 16.5. The maximum Gasteiger partial charge on any atom is 0.276 e. The molecule has 1 aromatic rings. The van der Waals surface area contributed by atoms with Gasteiger partial charge in [0.25, 0.3) is 5.91 Å². The summed E-state index contributed by atoms with van der Waals surface area (Å²) in [5.41, 5.74) is 0.348. The van der Waals surface area contributed by atoms with Gasteiger partial charge in [-0.25, -0.2) is 0 Å². The van der Waals surface area contributed by atoms with E-state index in [1.54, 1.807) is 11.0 Å². The van der Waals surface area contributed by atoms with Crippen LogP contribution in [0.4, 0.5) is 5.69 Å². The second-order valence-electron chi connectivity index (χ2n) is 4.61. The summed E-state index contributed by atoms with van der Waals surface area (Å²) in [5.74, 6) is -0.304. The number of hydrogen-bond acceptors (Lipinski definition) is 3. The number of ketones is 1. The van der Waals surface area contributed by atoms with E-state index in [1.165, 1.54) is 12.3 Å². The Bertz CT molecular complexity index is 605. The molecule has 0 saturated heterocycles. The first-order valence-electron chi connectivity index (χ1n) is 6.08. The number of anilines is 1. The first-order chi connectivity index (χ1) is 9.19. The summed E-state index contributed by atoms with van der Waals surface area (Å²) >= 11 is 0. The zero-order valence-corrected chi connectivity index (χ0v) is 10.3. The largest absolute Gasteiger partial charge is 0.480 e. The molecule has 1 amide bonds. The van der Waals surface area contributed by atoms with Gasteiger partial charge < -0.3 is 9.64 Å². The van der Waals surface area contributed by atoms with Gasteiger partial charge in [-0.3, -0.25) is 9.59 Å². The summed E-state index contributed by atoms with van der Waals surface area (Å²) in [6.07, 6.45) is 4.39. The van der Waals surface area contributed by atoms with Crippen molar-refractivity contribution in [3.05, 3.63) is 54.8 Å². The third-order valence-electron chi connectivity index (χ3n) is 3.48. The molecule has 0 bridgehead atoms. The lowest BCUT2D eigenvalue weighted by molar-refractivity contribution is -0.143. The number of benzene rings is 1. The zero-order chi connectivity index (χ0) is 13.5. The lowest BCUT2D eigenvalue weighted by atomic mass is 9.88. The van der Waals surface area contributed by atoms with Gasteiger partial charge in [0, 0.05) is 18.2 Å². The Morgan fingerprint density at radius 1 is 1.37 bits per heavy atom. The van der Waals surface area contributed by atoms with E-state index in [4.69, 9.17) is 4.74 Å². The Labute approximate surface area is 111 Å². The van der Waals surface area contributed by atoms with E-state index in [1.807, 2.05) is 24.3 Å². The van der Waals surface area contributed by atoms with Gasteiger partial charge in [0.15, 0.2) is 5.78 Å². The van der Waals surface area contributed by atoms with Crippen molar-refractivity contribution in [2.45, 2.75) is 12.0 Å². The fourth-order valence-corrected chi connectivity index (χ4v) is 2.66. The smallest absolute Gasteiger partial charge is 0.276 e. The SMILES string of the molecule is C=CCN1C(=O)C2(CC(=O)C=CO2)c2ccccc21. The summed E-state index contributed by atoms with van der Waals surface area (Å²) in [6.45, 7) is 4.07. The molecule has 4 heteroatoms. The maximum atomic E-state index is 12.6. The molecular formula is C15H13NO3. The number of carbonyl (C=O) groups is 2. The van der Waals surface area contributed by atoms with Crippen molar-refractivity contribution in [1.82, 2.24) is 0 Å². The Morgan fingerprint density at radius 2 is 2.16 bits per heavy atom. The molecule has 1 atom stereocenters. The Morgan fingerprint density at radius 3 is 2.89 bits per heavy atom. The predicted molar refractivity (Wildman–Crippen MR) is 70.5 cm³/mol. The summed E-state index contributed by atoms with van der Waals surface area (Å²) < 4.78 is 5.59. The molecule has 0 aromatic heterocycles. The van der Waals surface area contributed by atoms with Crippen LogP contribution in [0.1, 0.15) is 12.0 Å². The van der Waals surface area contributed by atoms with Crippen molar-refractivity contribution in [2.24, 2.45) is 0 Å². The van der Waals surface area contributed by atoms with Crippen molar-refractivity contribution in [3.8, 4) is 0 Å². The Balaban J connectivity index is 2.17. The minimum atomic E-state index is -1.19. The molecule has 0 N–H and O–H groups in total. The first-order valence-corrected chi connectivity index (χ1v) is 6.08. The van der Waals surface area contributed by atoms with Crippen LogP contribution in [0.3, 0.4) is 0 Å². The summed E-state index contributed by atoms with van der Waals surface area (Å²) in [7, 11) is 0. The minimum absolute atomic E-state index is 0.0486. The second-order valence-corrected chi connectivity index (χ2v) is 4.61. The number of hydrogen-bond donors (Lipinski definition) is 0. The lowest BCUT2D eigenvalue weighted by Crippen LogP contribution is -2.44. The third-order valence-corrected chi connectivity index (χ3v) is 3.48. The van der Waals surface area contributed by atoms with E-state index in [2.05, 4.69) is 6.58 Å². The fourth-order valence-electron chi connectivity index (χ4n) is 2.66. The molecule has 2 aliphatic rings. The molecule has 2 aliphatic heterocycles. The molecule has 0 fully saturated rings.